The summed E-state index contributed by atoms with van der Waals surface area (Å²) in [6.07, 6.45) is 8.48. The highest BCUT2D eigenvalue weighted by Gasteiger charge is 2.32. The van der Waals surface area contributed by atoms with Crippen LogP contribution in [-0.4, -0.2) is 47.2 Å². The molecule has 1 saturated carbocycles. The Hall–Kier alpha value is -2.68. The van der Waals surface area contributed by atoms with Gasteiger partial charge in [-0.25, -0.2) is 12.8 Å². The van der Waals surface area contributed by atoms with Gasteiger partial charge < -0.3 is 9.47 Å². The van der Waals surface area contributed by atoms with Gasteiger partial charge in [0.1, 0.15) is 5.82 Å². The normalized spacial score (nSPS) is 14.6. The molecule has 39 heavy (non-hydrogen) atoms. The standard InChI is InChI=1S/C30H37ClFN3O3S/c1-2-3-20-34(39(37,38)29-17-13-25(31)14-18-29)23-30(36)35(27-8-5-4-6-9-27)22-28-10-7-19-33(28)21-24-11-15-26(32)16-12-24/h7,10-19,27H,2-6,8-9,20-23H2,1H3. The molecular weight excluding hydrogens is 537 g/mol. The van der Waals surface area contributed by atoms with E-state index in [1.54, 1.807) is 24.3 Å². The zero-order valence-electron chi connectivity index (χ0n) is 22.4. The van der Waals surface area contributed by atoms with E-state index in [4.69, 9.17) is 11.6 Å². The average Bonchev–Trinajstić information content (AvgIpc) is 3.37. The highest BCUT2D eigenvalue weighted by Crippen LogP contribution is 2.26. The summed E-state index contributed by atoms with van der Waals surface area (Å²) in [7, 11) is -3.87. The Kier molecular flexibility index (Phi) is 10.2. The van der Waals surface area contributed by atoms with Gasteiger partial charge in [0.05, 0.1) is 18.0 Å². The molecule has 1 aliphatic carbocycles. The number of benzene rings is 2. The summed E-state index contributed by atoms with van der Waals surface area (Å²) in [6.45, 7) is 3.01. The van der Waals surface area contributed by atoms with Crippen LogP contribution < -0.4 is 0 Å². The second-order valence-electron chi connectivity index (χ2n) is 10.2. The number of hydrogen-bond donors (Lipinski definition) is 0. The van der Waals surface area contributed by atoms with Gasteiger partial charge in [0, 0.05) is 36.0 Å². The highest BCUT2D eigenvalue weighted by molar-refractivity contribution is 7.89. The van der Waals surface area contributed by atoms with E-state index in [1.165, 1.54) is 28.6 Å². The lowest BCUT2D eigenvalue weighted by atomic mass is 9.94. The lowest BCUT2D eigenvalue weighted by Crippen LogP contribution is -2.47. The minimum absolute atomic E-state index is 0.0617. The SMILES string of the molecule is CCCCN(CC(=O)N(Cc1cccn1Cc1ccc(F)cc1)C1CCCCC1)S(=O)(=O)c1ccc(Cl)cc1. The minimum atomic E-state index is -3.87. The molecule has 1 amide bonds. The second-order valence-corrected chi connectivity index (χ2v) is 12.6. The lowest BCUT2D eigenvalue weighted by Gasteiger charge is -2.36. The number of amides is 1. The molecule has 9 heteroatoms. The number of sulfonamides is 1. The molecule has 6 nitrogen and oxygen atoms in total. The van der Waals surface area contributed by atoms with Crippen LogP contribution in [0.25, 0.3) is 0 Å². The molecule has 1 heterocycles. The highest BCUT2D eigenvalue weighted by atomic mass is 35.5. The number of rotatable bonds is 12. The quantitative estimate of drug-likeness (QED) is 0.249. The Morgan fingerprint density at radius 2 is 1.72 bits per heavy atom. The monoisotopic (exact) mass is 573 g/mol. The molecule has 0 unspecified atom stereocenters. The summed E-state index contributed by atoms with van der Waals surface area (Å²) in [5.74, 6) is -0.466. The molecule has 0 N–H and O–H groups in total. The Balaban J connectivity index is 1.58. The van der Waals surface area contributed by atoms with Crippen molar-refractivity contribution in [3.05, 3.63) is 89.0 Å². The molecule has 0 atom stereocenters. The Labute approximate surface area is 236 Å². The number of aromatic nitrogens is 1. The third-order valence-electron chi connectivity index (χ3n) is 7.38. The molecule has 0 aliphatic heterocycles. The first-order chi connectivity index (χ1) is 18.8. The number of nitrogens with zero attached hydrogens (tertiary/aromatic N) is 3. The summed E-state index contributed by atoms with van der Waals surface area (Å²) >= 11 is 5.99. The molecule has 0 radical (unpaired) electrons. The fourth-order valence-electron chi connectivity index (χ4n) is 5.14. The molecule has 1 fully saturated rings. The maximum Gasteiger partial charge on any atom is 0.243 e. The molecule has 0 spiro atoms. The van der Waals surface area contributed by atoms with Crippen LogP contribution in [0.1, 0.15) is 63.1 Å². The first-order valence-electron chi connectivity index (χ1n) is 13.7. The molecule has 0 bridgehead atoms. The van der Waals surface area contributed by atoms with E-state index in [1.807, 2.05) is 30.2 Å². The molecule has 1 aliphatic rings. The van der Waals surface area contributed by atoms with Crippen LogP contribution in [0.2, 0.25) is 5.02 Å². The van der Waals surface area contributed by atoms with E-state index >= 15 is 0 Å². The maximum atomic E-state index is 13.9. The van der Waals surface area contributed by atoms with E-state index < -0.39 is 10.0 Å². The number of unbranched alkanes of at least 4 members (excludes halogenated alkanes) is 1. The van der Waals surface area contributed by atoms with Crippen molar-refractivity contribution in [1.29, 1.82) is 0 Å². The average molecular weight is 574 g/mol. The summed E-state index contributed by atoms with van der Waals surface area (Å²) in [5.41, 5.74) is 1.92. The van der Waals surface area contributed by atoms with Crippen molar-refractivity contribution in [2.24, 2.45) is 0 Å². The Morgan fingerprint density at radius 1 is 1.03 bits per heavy atom. The van der Waals surface area contributed by atoms with Gasteiger partial charge in [-0.15, -0.1) is 0 Å². The topological polar surface area (TPSA) is 62.6 Å². The molecule has 0 saturated heterocycles. The van der Waals surface area contributed by atoms with Crippen LogP contribution in [-0.2, 0) is 27.9 Å². The van der Waals surface area contributed by atoms with E-state index in [2.05, 4.69) is 4.57 Å². The minimum Gasteiger partial charge on any atom is -0.345 e. The molecule has 1 aromatic heterocycles. The predicted octanol–water partition coefficient (Wildman–Crippen LogP) is 6.48. The first kappa shape index (κ1) is 29.3. The van der Waals surface area contributed by atoms with Crippen molar-refractivity contribution in [3.63, 3.8) is 0 Å². The first-order valence-corrected chi connectivity index (χ1v) is 15.5. The Morgan fingerprint density at radius 3 is 2.38 bits per heavy atom. The largest absolute Gasteiger partial charge is 0.345 e. The summed E-state index contributed by atoms with van der Waals surface area (Å²) < 4.78 is 43.9. The van der Waals surface area contributed by atoms with Gasteiger partial charge in [-0.1, -0.05) is 56.3 Å². The van der Waals surface area contributed by atoms with Gasteiger partial charge in [-0.05, 0) is 73.4 Å². The van der Waals surface area contributed by atoms with E-state index in [0.717, 1.165) is 49.8 Å². The summed E-state index contributed by atoms with van der Waals surface area (Å²) in [5, 5.41) is 0.456. The van der Waals surface area contributed by atoms with Crippen LogP contribution in [0.4, 0.5) is 4.39 Å². The van der Waals surface area contributed by atoms with Crippen molar-refractivity contribution >= 4 is 27.5 Å². The van der Waals surface area contributed by atoms with Gasteiger partial charge in [0.15, 0.2) is 0 Å². The molecule has 3 aromatic rings. The van der Waals surface area contributed by atoms with E-state index in [0.29, 0.717) is 24.5 Å². The predicted molar refractivity (Wildman–Crippen MR) is 152 cm³/mol. The summed E-state index contributed by atoms with van der Waals surface area (Å²) in [4.78, 5) is 15.9. The second kappa shape index (κ2) is 13.6. The molecule has 2 aromatic carbocycles. The van der Waals surface area contributed by atoms with Crippen LogP contribution in [0.3, 0.4) is 0 Å². The van der Waals surface area contributed by atoms with Gasteiger partial charge in [-0.3, -0.25) is 4.79 Å². The van der Waals surface area contributed by atoms with Crippen molar-refractivity contribution in [1.82, 2.24) is 13.8 Å². The van der Waals surface area contributed by atoms with Crippen LogP contribution in [0.5, 0.6) is 0 Å². The number of carbonyl (C=O) groups is 1. The van der Waals surface area contributed by atoms with Crippen LogP contribution >= 0.6 is 11.6 Å². The fourth-order valence-corrected chi connectivity index (χ4v) is 6.69. The molecular formula is C30H37ClFN3O3S. The van der Waals surface area contributed by atoms with Gasteiger partial charge in [0.2, 0.25) is 15.9 Å². The number of hydrogen-bond acceptors (Lipinski definition) is 3. The van der Waals surface area contributed by atoms with Crippen molar-refractivity contribution in [2.75, 3.05) is 13.1 Å². The maximum absolute atomic E-state index is 13.9. The van der Waals surface area contributed by atoms with Gasteiger partial charge >= 0.3 is 0 Å². The van der Waals surface area contributed by atoms with Crippen molar-refractivity contribution in [2.45, 2.75) is 75.9 Å². The van der Waals surface area contributed by atoms with Crippen LogP contribution in [0, 0.1) is 5.82 Å². The Bertz CT molecular complexity index is 1320. The number of carbonyl (C=O) groups excluding carboxylic acids is 1. The molecule has 210 valence electrons. The fraction of sp³-hybridized carbons (Fsp3) is 0.433. The lowest BCUT2D eigenvalue weighted by molar-refractivity contribution is -0.135. The van der Waals surface area contributed by atoms with Crippen LogP contribution in [0.15, 0.2) is 71.8 Å². The summed E-state index contributed by atoms with van der Waals surface area (Å²) in [6, 6.07) is 16.5. The zero-order valence-corrected chi connectivity index (χ0v) is 24.0. The zero-order chi connectivity index (χ0) is 27.8. The third-order valence-corrected chi connectivity index (χ3v) is 9.49. The van der Waals surface area contributed by atoms with Gasteiger partial charge in [0.25, 0.3) is 0 Å². The molecule has 4 rings (SSSR count). The third kappa shape index (κ3) is 7.71. The van der Waals surface area contributed by atoms with Crippen molar-refractivity contribution < 1.29 is 17.6 Å². The van der Waals surface area contributed by atoms with E-state index in [9.17, 15) is 17.6 Å². The number of halogens is 2. The smallest absolute Gasteiger partial charge is 0.243 e. The van der Waals surface area contributed by atoms with Crippen molar-refractivity contribution in [3.8, 4) is 0 Å². The van der Waals surface area contributed by atoms with E-state index in [-0.39, 0.29) is 35.8 Å². The van der Waals surface area contributed by atoms with Gasteiger partial charge in [-0.2, -0.15) is 4.31 Å².